The monoisotopic (exact) mass is 921 g/mol. The van der Waals surface area contributed by atoms with Gasteiger partial charge in [-0.1, -0.05) is 50.6 Å². The van der Waals surface area contributed by atoms with Gasteiger partial charge in [-0.05, 0) is 69.9 Å². The van der Waals surface area contributed by atoms with Crippen LogP contribution in [0.4, 0.5) is 0 Å². The number of hydrogen-bond acceptors (Lipinski definition) is 13. The quantitative estimate of drug-likeness (QED) is 0.0188. The van der Waals surface area contributed by atoms with Crippen molar-refractivity contribution in [2.75, 3.05) is 13.1 Å². The molecule has 0 radical (unpaired) electrons. The van der Waals surface area contributed by atoms with E-state index in [4.69, 9.17) is 28.7 Å². The summed E-state index contributed by atoms with van der Waals surface area (Å²) in [5.74, 6) is -9.71. The molecule has 0 bridgehead atoms. The summed E-state index contributed by atoms with van der Waals surface area (Å²) in [7, 11) is 0. The fourth-order valence-corrected chi connectivity index (χ4v) is 6.28. The second kappa shape index (κ2) is 29.9. The van der Waals surface area contributed by atoms with E-state index in [2.05, 4.69) is 36.9 Å². The van der Waals surface area contributed by atoms with E-state index in [9.17, 15) is 58.5 Å². The van der Waals surface area contributed by atoms with Crippen molar-refractivity contribution in [3.05, 3.63) is 35.9 Å². The normalized spacial score (nSPS) is 14.7. The first-order chi connectivity index (χ1) is 30.5. The van der Waals surface area contributed by atoms with E-state index in [1.54, 1.807) is 44.2 Å². The Kier molecular flexibility index (Phi) is 26.0. The summed E-state index contributed by atoms with van der Waals surface area (Å²) in [5.41, 5.74) is 28.5. The molecule has 0 aliphatic carbocycles. The largest absolute Gasteiger partial charge is 0.481 e. The minimum Gasteiger partial charge on any atom is -0.481 e. The molecule has 1 rings (SSSR count). The van der Waals surface area contributed by atoms with Gasteiger partial charge in [0, 0.05) is 25.8 Å². The highest BCUT2D eigenvalue weighted by Gasteiger charge is 2.35. The molecule has 0 fully saturated rings. The Labute approximate surface area is 377 Å². The molecule has 65 heavy (non-hydrogen) atoms. The molecule has 0 unspecified atom stereocenters. The molecule has 24 heteroatoms. The zero-order chi connectivity index (χ0) is 49.2. The zero-order valence-corrected chi connectivity index (χ0v) is 37.1. The van der Waals surface area contributed by atoms with Crippen LogP contribution < -0.4 is 60.6 Å². The lowest BCUT2D eigenvalue weighted by molar-refractivity contribution is -0.145. The number of rotatable bonds is 32. The van der Waals surface area contributed by atoms with E-state index in [-0.39, 0.29) is 56.9 Å². The molecule has 1 aromatic rings. The molecule has 364 valence electrons. The summed E-state index contributed by atoms with van der Waals surface area (Å²) in [5, 5.41) is 43.6. The summed E-state index contributed by atoms with van der Waals surface area (Å²) >= 11 is 0. The van der Waals surface area contributed by atoms with Crippen molar-refractivity contribution in [2.45, 2.75) is 140 Å². The molecule has 0 saturated heterocycles. The van der Waals surface area contributed by atoms with E-state index in [0.29, 0.717) is 24.9 Å². The number of aliphatic carboxylic acids is 2. The molecule has 0 saturated carbocycles. The molecular weight excluding hydrogens is 853 g/mol. The SMILES string of the molecule is CC(C)C[C@H](NC(=O)[C@H](CCCN=C(N)N)NC(=O)[C@H](CCC(=O)O)NC(=O)[C@H](Cc1ccccc1)NC(=O)[C@@H](N)CCCCN)C(=O)N[C@@H](CCC(N)=O)C(=O)N[C@H](C(=O)O)[C@@H](C)O. The number of amides is 7. The first-order valence-corrected chi connectivity index (χ1v) is 21.3. The van der Waals surface area contributed by atoms with Gasteiger partial charge in [0.15, 0.2) is 12.0 Å². The van der Waals surface area contributed by atoms with Gasteiger partial charge >= 0.3 is 11.9 Å². The van der Waals surface area contributed by atoms with Crippen molar-refractivity contribution in [1.82, 2.24) is 31.9 Å². The van der Waals surface area contributed by atoms with Crippen molar-refractivity contribution in [1.29, 1.82) is 0 Å². The molecule has 7 amide bonds. The maximum atomic E-state index is 14.1. The number of primary amides is 1. The molecule has 0 spiro atoms. The standard InChI is InChI=1S/C41H68N12O12/c1-22(2)20-29(38(62)49-27(14-16-31(44)55)37(61)53-33(23(3)54)40(64)65)52-35(59)26(13-9-19-47-41(45)46)48-36(60)28(15-17-32(56)57)50-39(63)30(21-24-10-5-4-6-11-24)51-34(58)25(43)12-7-8-18-42/h4-6,10-11,22-23,25-30,33,54H,7-9,12-21,42-43H2,1-3H3,(H2,44,55)(H,48,60)(H,49,62)(H,50,63)(H,51,58)(H,52,59)(H,53,61)(H,56,57)(H,64,65)(H4,45,46,47)/t23-,25+,26+,27+,28+,29+,30+,33+/m1/s1. The maximum Gasteiger partial charge on any atom is 0.328 e. The Morgan fingerprint density at radius 3 is 1.60 bits per heavy atom. The van der Waals surface area contributed by atoms with E-state index in [1.807, 2.05) is 0 Å². The second-order valence-corrected chi connectivity index (χ2v) is 16.0. The number of nitrogens with zero attached hydrogens (tertiary/aromatic N) is 1. The minimum absolute atomic E-state index is 0.00720. The van der Waals surface area contributed by atoms with Crippen molar-refractivity contribution in [3.8, 4) is 0 Å². The molecule has 8 atom stereocenters. The van der Waals surface area contributed by atoms with E-state index in [0.717, 1.165) is 6.92 Å². The number of carboxylic acid groups (broad SMARTS) is 2. The number of carbonyl (C=O) groups is 9. The summed E-state index contributed by atoms with van der Waals surface area (Å²) in [6.07, 6.45) is -2.11. The number of unbranched alkanes of at least 4 members (excludes halogenated alkanes) is 1. The predicted octanol–water partition coefficient (Wildman–Crippen LogP) is -3.71. The fraction of sp³-hybridized carbons (Fsp3) is 0.610. The lowest BCUT2D eigenvalue weighted by Gasteiger charge is -2.28. The molecule has 19 N–H and O–H groups in total. The van der Waals surface area contributed by atoms with Gasteiger partial charge < -0.3 is 75.9 Å². The highest BCUT2D eigenvalue weighted by Crippen LogP contribution is 2.11. The average molecular weight is 921 g/mol. The van der Waals surface area contributed by atoms with Crippen LogP contribution in [0.15, 0.2) is 35.3 Å². The Morgan fingerprint density at radius 2 is 1.11 bits per heavy atom. The first kappa shape index (κ1) is 56.6. The van der Waals surface area contributed by atoms with Gasteiger partial charge in [0.2, 0.25) is 41.4 Å². The lowest BCUT2D eigenvalue weighted by atomic mass is 10.0. The number of aliphatic hydroxyl groups excluding tert-OH is 1. The van der Waals surface area contributed by atoms with Crippen molar-refractivity contribution >= 4 is 59.2 Å². The third kappa shape index (κ3) is 23.2. The third-order valence-electron chi connectivity index (χ3n) is 9.78. The van der Waals surface area contributed by atoms with Crippen LogP contribution in [0.25, 0.3) is 0 Å². The number of carboxylic acids is 2. The molecule has 0 aromatic heterocycles. The second-order valence-electron chi connectivity index (χ2n) is 16.0. The molecule has 0 heterocycles. The van der Waals surface area contributed by atoms with E-state index in [1.165, 1.54) is 0 Å². The number of aliphatic imine (C=N–C) groups is 1. The van der Waals surface area contributed by atoms with Crippen LogP contribution in [0.5, 0.6) is 0 Å². The van der Waals surface area contributed by atoms with Crippen LogP contribution in [-0.2, 0) is 49.6 Å². The van der Waals surface area contributed by atoms with Crippen molar-refractivity contribution < 1.29 is 58.5 Å². The van der Waals surface area contributed by atoms with E-state index < -0.39 is 121 Å². The van der Waals surface area contributed by atoms with Gasteiger partial charge in [0.05, 0.1) is 12.1 Å². The minimum atomic E-state index is -1.78. The summed E-state index contributed by atoms with van der Waals surface area (Å²) in [6, 6.07) is -1.44. The summed E-state index contributed by atoms with van der Waals surface area (Å²) < 4.78 is 0. The van der Waals surface area contributed by atoms with Crippen molar-refractivity contribution in [2.24, 2.45) is 39.6 Å². The number of aliphatic hydroxyl groups is 1. The van der Waals surface area contributed by atoms with Gasteiger partial charge in [0.25, 0.3) is 0 Å². The Balaban J connectivity index is 3.53. The third-order valence-corrected chi connectivity index (χ3v) is 9.78. The van der Waals surface area contributed by atoms with Crippen LogP contribution in [-0.4, -0.2) is 136 Å². The fourth-order valence-electron chi connectivity index (χ4n) is 6.28. The van der Waals surface area contributed by atoms with Gasteiger partial charge in [-0.2, -0.15) is 0 Å². The Bertz CT molecular complexity index is 1780. The van der Waals surface area contributed by atoms with Crippen LogP contribution in [0.3, 0.4) is 0 Å². The zero-order valence-electron chi connectivity index (χ0n) is 37.1. The van der Waals surface area contributed by atoms with Crippen molar-refractivity contribution in [3.63, 3.8) is 0 Å². The van der Waals surface area contributed by atoms with Crippen LogP contribution in [0.2, 0.25) is 0 Å². The Hall–Kier alpha value is -6.40. The summed E-state index contributed by atoms with van der Waals surface area (Å²) in [6.45, 7) is 4.94. The van der Waals surface area contributed by atoms with Gasteiger partial charge in [-0.25, -0.2) is 4.79 Å². The average Bonchev–Trinajstić information content (AvgIpc) is 3.22. The molecule has 24 nitrogen and oxygen atoms in total. The Morgan fingerprint density at radius 1 is 0.615 bits per heavy atom. The van der Waals surface area contributed by atoms with Crippen LogP contribution in [0, 0.1) is 5.92 Å². The van der Waals surface area contributed by atoms with Gasteiger partial charge in [-0.3, -0.25) is 43.3 Å². The molecule has 0 aliphatic heterocycles. The van der Waals surface area contributed by atoms with Gasteiger partial charge in [0.1, 0.15) is 30.2 Å². The number of guanidine groups is 1. The number of nitrogens with two attached hydrogens (primary N) is 5. The molecule has 0 aliphatic rings. The summed E-state index contributed by atoms with van der Waals surface area (Å²) in [4.78, 5) is 121. The maximum absolute atomic E-state index is 14.1. The first-order valence-electron chi connectivity index (χ1n) is 21.3. The number of nitrogens with one attached hydrogen (secondary N) is 6. The number of hydrogen-bond donors (Lipinski definition) is 14. The van der Waals surface area contributed by atoms with Crippen LogP contribution >= 0.6 is 0 Å². The smallest absolute Gasteiger partial charge is 0.328 e. The van der Waals surface area contributed by atoms with Crippen LogP contribution in [0.1, 0.15) is 90.5 Å². The highest BCUT2D eigenvalue weighted by molar-refractivity contribution is 5.97. The number of benzene rings is 1. The lowest BCUT2D eigenvalue weighted by Crippen LogP contribution is -2.60. The van der Waals surface area contributed by atoms with Gasteiger partial charge in [-0.15, -0.1) is 0 Å². The van der Waals surface area contributed by atoms with E-state index >= 15 is 0 Å². The predicted molar refractivity (Wildman–Crippen MR) is 237 cm³/mol. The highest BCUT2D eigenvalue weighted by atomic mass is 16.4. The molecule has 1 aromatic carbocycles. The number of carbonyl (C=O) groups excluding carboxylic acids is 7. The topological polar surface area (TPSA) is 429 Å². The molecular formula is C41H68N12O12.